The summed E-state index contributed by atoms with van der Waals surface area (Å²) in [5.41, 5.74) is 11.4. The number of rotatable bonds is 5. The number of hydrogen-bond acceptors (Lipinski definition) is 4. The Morgan fingerprint density at radius 2 is 1.06 bits per heavy atom. The molecule has 1 unspecified atom stereocenters. The summed E-state index contributed by atoms with van der Waals surface area (Å²) < 4.78 is 11.6. The lowest BCUT2D eigenvalue weighted by Crippen LogP contribution is -2.33. The van der Waals surface area contributed by atoms with Gasteiger partial charge in [-0.2, -0.15) is 0 Å². The molecule has 65 heavy (non-hydrogen) atoms. The first-order valence-electron chi connectivity index (χ1n) is 22.1. The zero-order valence-electron chi connectivity index (χ0n) is 35.0. The number of amidine groups is 2. The molecule has 304 valence electrons. The molecule has 13 aromatic rings. The van der Waals surface area contributed by atoms with Gasteiger partial charge in [-0.3, -0.25) is 0 Å². The van der Waals surface area contributed by atoms with Crippen molar-refractivity contribution in [1.29, 1.82) is 0 Å². The number of aromatic nitrogens is 2. The van der Waals surface area contributed by atoms with Gasteiger partial charge in [-0.05, 0) is 99.9 Å². The lowest BCUT2D eigenvalue weighted by atomic mass is 10.0. The Balaban J connectivity index is 0.944. The van der Waals surface area contributed by atoms with Crippen LogP contribution in [-0.4, -0.2) is 20.8 Å². The third-order valence-electron chi connectivity index (χ3n) is 13.3. The highest BCUT2D eigenvalue weighted by atomic mass is 16.3. The molecule has 6 heteroatoms. The van der Waals surface area contributed by atoms with Crippen LogP contribution in [0.1, 0.15) is 22.9 Å². The number of nitrogens with zero attached hydrogens (tertiary/aromatic N) is 4. The minimum Gasteiger partial charge on any atom is -0.456 e. The number of nitrogens with one attached hydrogen (secondary N) is 1. The van der Waals surface area contributed by atoms with E-state index in [-0.39, 0.29) is 6.17 Å². The Hall–Kier alpha value is -8.74. The van der Waals surface area contributed by atoms with Gasteiger partial charge in [0.1, 0.15) is 23.2 Å². The summed E-state index contributed by atoms with van der Waals surface area (Å²) in [6, 6.07) is 75.7. The predicted molar refractivity (Wildman–Crippen MR) is 269 cm³/mol. The standard InChI is InChI=1S/C59H37N5O/c1-2-17-43(18-3-1)63-49-21-10-8-19-44(49)47-34-48-45-20-9-11-22-50(45)64(53(48)35-52(47)63)51-23-12-24-54-56(51)46-30-29-42(33-55(46)65-54)59-61-57(40-27-25-36-13-4-6-15-38(36)31-40)60-58(62-59)41-28-26-37-14-5-7-16-39(37)32-41/h1-35,57H,(H,60,61,62). The van der Waals surface area contributed by atoms with Crippen LogP contribution >= 0.6 is 0 Å². The summed E-state index contributed by atoms with van der Waals surface area (Å²) in [5.74, 6) is 1.42. The van der Waals surface area contributed by atoms with Crippen LogP contribution in [0, 0.1) is 0 Å². The lowest BCUT2D eigenvalue weighted by Gasteiger charge is -2.24. The van der Waals surface area contributed by atoms with Gasteiger partial charge >= 0.3 is 0 Å². The van der Waals surface area contributed by atoms with Crippen molar-refractivity contribution in [3.8, 4) is 11.4 Å². The van der Waals surface area contributed by atoms with Crippen LogP contribution in [0.25, 0.3) is 98.5 Å². The van der Waals surface area contributed by atoms with Crippen LogP contribution < -0.4 is 5.32 Å². The molecule has 6 nitrogen and oxygen atoms in total. The molecule has 0 aliphatic carbocycles. The van der Waals surface area contributed by atoms with Crippen LogP contribution in [-0.2, 0) is 0 Å². The Bertz CT molecular complexity index is 4170. The fourth-order valence-corrected chi connectivity index (χ4v) is 10.3. The SMILES string of the molecule is c1ccc(-n2c3ccccc3c3cc4c5ccccc5n(-c5cccc6oc7cc(C8=NC(c9ccc%10ccccc%10c9)=NC(c9ccc%10ccccc%10c9)N8)ccc7c56)c4cc32)cc1. The average Bonchev–Trinajstić information content (AvgIpc) is 4.02. The highest BCUT2D eigenvalue weighted by Gasteiger charge is 2.24. The monoisotopic (exact) mass is 831 g/mol. The summed E-state index contributed by atoms with van der Waals surface area (Å²) in [5, 5.41) is 15.4. The molecule has 0 spiro atoms. The van der Waals surface area contributed by atoms with Crippen LogP contribution in [0.3, 0.4) is 0 Å². The second-order valence-electron chi connectivity index (χ2n) is 17.0. The third-order valence-corrected chi connectivity index (χ3v) is 13.3. The van der Waals surface area contributed by atoms with E-state index >= 15 is 0 Å². The first-order chi connectivity index (χ1) is 32.2. The molecule has 0 saturated carbocycles. The average molecular weight is 832 g/mol. The van der Waals surface area contributed by atoms with E-state index in [2.05, 4.69) is 227 Å². The van der Waals surface area contributed by atoms with Gasteiger partial charge in [-0.15, -0.1) is 0 Å². The summed E-state index contributed by atoms with van der Waals surface area (Å²) in [6.45, 7) is 0. The second-order valence-corrected chi connectivity index (χ2v) is 17.0. The Morgan fingerprint density at radius 1 is 0.415 bits per heavy atom. The van der Waals surface area contributed by atoms with Crippen LogP contribution in [0.4, 0.5) is 0 Å². The quantitative estimate of drug-likeness (QED) is 0.188. The highest BCUT2D eigenvalue weighted by molar-refractivity contribution is 6.21. The van der Waals surface area contributed by atoms with Gasteiger partial charge in [0.25, 0.3) is 0 Å². The van der Waals surface area contributed by atoms with Crippen molar-refractivity contribution in [1.82, 2.24) is 14.5 Å². The van der Waals surface area contributed by atoms with Crippen molar-refractivity contribution in [3.05, 3.63) is 229 Å². The van der Waals surface area contributed by atoms with Gasteiger partial charge in [-0.25, -0.2) is 9.98 Å². The second kappa shape index (κ2) is 13.9. The topological polar surface area (TPSA) is 59.8 Å². The van der Waals surface area contributed by atoms with Gasteiger partial charge in [0.15, 0.2) is 5.84 Å². The first kappa shape index (κ1) is 35.8. The molecular weight excluding hydrogens is 795 g/mol. The van der Waals surface area contributed by atoms with Gasteiger partial charge in [0.2, 0.25) is 0 Å². The van der Waals surface area contributed by atoms with Crippen molar-refractivity contribution < 1.29 is 4.42 Å². The van der Waals surface area contributed by atoms with Crippen molar-refractivity contribution in [2.75, 3.05) is 0 Å². The molecule has 1 atom stereocenters. The summed E-state index contributed by atoms with van der Waals surface area (Å²) in [4.78, 5) is 10.5. The maximum atomic E-state index is 6.82. The number of benzene rings is 10. The molecule has 0 amide bonds. The number of hydrogen-bond donors (Lipinski definition) is 1. The molecule has 14 rings (SSSR count). The zero-order chi connectivity index (χ0) is 42.6. The molecule has 0 bridgehead atoms. The number of furan rings is 1. The van der Waals surface area contributed by atoms with Gasteiger partial charge in [-0.1, -0.05) is 140 Å². The van der Waals surface area contributed by atoms with E-state index in [0.29, 0.717) is 5.84 Å². The summed E-state index contributed by atoms with van der Waals surface area (Å²) >= 11 is 0. The van der Waals surface area contributed by atoms with Crippen LogP contribution in [0.15, 0.2) is 227 Å². The van der Waals surface area contributed by atoms with E-state index < -0.39 is 0 Å². The van der Waals surface area contributed by atoms with Crippen LogP contribution in [0.2, 0.25) is 0 Å². The van der Waals surface area contributed by atoms with E-state index in [1.54, 1.807) is 0 Å². The van der Waals surface area contributed by atoms with E-state index in [9.17, 15) is 0 Å². The molecule has 10 aromatic carbocycles. The van der Waals surface area contributed by atoms with E-state index in [4.69, 9.17) is 14.4 Å². The van der Waals surface area contributed by atoms with Crippen molar-refractivity contribution >= 4 is 98.8 Å². The number of para-hydroxylation sites is 3. The summed E-state index contributed by atoms with van der Waals surface area (Å²) in [6.07, 6.45) is -0.353. The molecule has 0 fully saturated rings. The molecule has 0 saturated heterocycles. The van der Waals surface area contributed by atoms with Crippen molar-refractivity contribution in [2.45, 2.75) is 6.17 Å². The predicted octanol–water partition coefficient (Wildman–Crippen LogP) is 14.6. The smallest absolute Gasteiger partial charge is 0.159 e. The Morgan fingerprint density at radius 3 is 1.85 bits per heavy atom. The molecular formula is C59H37N5O. The third kappa shape index (κ3) is 5.54. The maximum absolute atomic E-state index is 6.82. The van der Waals surface area contributed by atoms with E-state index in [1.165, 1.54) is 43.2 Å². The molecule has 4 heterocycles. The molecule has 0 radical (unpaired) electrons. The van der Waals surface area contributed by atoms with E-state index in [1.807, 2.05) is 0 Å². The fourth-order valence-electron chi connectivity index (χ4n) is 10.3. The molecule has 1 aliphatic rings. The lowest BCUT2D eigenvalue weighted by molar-refractivity contribution is 0.666. The largest absolute Gasteiger partial charge is 0.456 e. The minimum atomic E-state index is -0.353. The summed E-state index contributed by atoms with van der Waals surface area (Å²) in [7, 11) is 0. The van der Waals surface area contributed by atoms with E-state index in [0.717, 1.165) is 77.8 Å². The number of fused-ring (bicyclic) bond motifs is 11. The fraction of sp³-hybridized carbons (Fsp3) is 0.0169. The highest BCUT2D eigenvalue weighted by Crippen LogP contribution is 2.42. The van der Waals surface area contributed by atoms with Gasteiger partial charge in [0, 0.05) is 43.7 Å². The minimum absolute atomic E-state index is 0.353. The number of aliphatic imine (C=N–C) groups is 2. The molecule has 1 N–H and O–H groups in total. The molecule has 1 aliphatic heterocycles. The van der Waals surface area contributed by atoms with Crippen molar-refractivity contribution in [3.63, 3.8) is 0 Å². The first-order valence-corrected chi connectivity index (χ1v) is 22.1. The maximum Gasteiger partial charge on any atom is 0.159 e. The van der Waals surface area contributed by atoms with Crippen molar-refractivity contribution in [2.24, 2.45) is 9.98 Å². The van der Waals surface area contributed by atoms with Crippen LogP contribution in [0.5, 0.6) is 0 Å². The molecule has 3 aromatic heterocycles. The zero-order valence-corrected chi connectivity index (χ0v) is 35.0. The Labute approximate surface area is 372 Å². The van der Waals surface area contributed by atoms with Gasteiger partial charge in [0.05, 0.1) is 33.1 Å². The van der Waals surface area contributed by atoms with Gasteiger partial charge < -0.3 is 18.9 Å². The normalized spacial score (nSPS) is 14.3. The Kier molecular flexibility index (Phi) is 7.65.